The smallest absolute Gasteiger partial charge is 0.221 e. The molecule has 0 saturated heterocycles. The standard InChI is InChI=1S/C18H20BrFN2O/c1-13-12-15(19)6-7-17(13)21-11-9-18(23)22-10-8-14-4-2-3-5-16(14)20/h2-7,12,21H,8-11H2,1H3,(H,22,23). The fourth-order valence-electron chi connectivity index (χ4n) is 2.26. The Hall–Kier alpha value is -1.88. The topological polar surface area (TPSA) is 41.1 Å². The highest BCUT2D eigenvalue weighted by Gasteiger charge is 2.04. The summed E-state index contributed by atoms with van der Waals surface area (Å²) in [7, 11) is 0. The number of amides is 1. The van der Waals surface area contributed by atoms with E-state index >= 15 is 0 Å². The molecule has 122 valence electrons. The molecule has 0 radical (unpaired) electrons. The van der Waals surface area contributed by atoms with Crippen LogP contribution >= 0.6 is 15.9 Å². The summed E-state index contributed by atoms with van der Waals surface area (Å²) in [6.07, 6.45) is 0.879. The summed E-state index contributed by atoms with van der Waals surface area (Å²) in [5.74, 6) is -0.266. The molecule has 0 aliphatic carbocycles. The zero-order chi connectivity index (χ0) is 16.7. The molecule has 0 atom stereocenters. The summed E-state index contributed by atoms with van der Waals surface area (Å²) in [5, 5.41) is 6.06. The predicted octanol–water partition coefficient (Wildman–Crippen LogP) is 4.06. The van der Waals surface area contributed by atoms with Gasteiger partial charge in [-0.25, -0.2) is 4.39 Å². The molecule has 2 N–H and O–H groups in total. The molecule has 2 aromatic rings. The van der Waals surface area contributed by atoms with Crippen LogP contribution in [0.4, 0.5) is 10.1 Å². The lowest BCUT2D eigenvalue weighted by Gasteiger charge is -2.10. The quantitative estimate of drug-likeness (QED) is 0.762. The molecule has 2 aromatic carbocycles. The molecule has 23 heavy (non-hydrogen) atoms. The first-order valence-corrected chi connectivity index (χ1v) is 8.35. The maximum atomic E-state index is 13.4. The Morgan fingerprint density at radius 3 is 2.70 bits per heavy atom. The minimum Gasteiger partial charge on any atom is -0.384 e. The van der Waals surface area contributed by atoms with Crippen LogP contribution in [0.2, 0.25) is 0 Å². The van der Waals surface area contributed by atoms with Gasteiger partial charge in [0.25, 0.3) is 0 Å². The molecule has 0 aromatic heterocycles. The van der Waals surface area contributed by atoms with E-state index in [1.807, 2.05) is 25.1 Å². The van der Waals surface area contributed by atoms with Crippen LogP contribution < -0.4 is 10.6 Å². The molecule has 0 spiro atoms. The van der Waals surface area contributed by atoms with Crippen LogP contribution in [0.3, 0.4) is 0 Å². The molecule has 0 aliphatic heterocycles. The zero-order valence-corrected chi connectivity index (χ0v) is 14.6. The van der Waals surface area contributed by atoms with Crippen molar-refractivity contribution in [2.75, 3.05) is 18.4 Å². The van der Waals surface area contributed by atoms with E-state index in [0.29, 0.717) is 31.5 Å². The van der Waals surface area contributed by atoms with Crippen LogP contribution in [0.25, 0.3) is 0 Å². The van der Waals surface area contributed by atoms with Crippen LogP contribution in [-0.4, -0.2) is 19.0 Å². The first-order chi connectivity index (χ1) is 11.1. The minimum atomic E-state index is -0.228. The van der Waals surface area contributed by atoms with Crippen molar-refractivity contribution in [3.63, 3.8) is 0 Å². The van der Waals surface area contributed by atoms with Crippen molar-refractivity contribution >= 4 is 27.5 Å². The number of nitrogens with one attached hydrogen (secondary N) is 2. The molecule has 0 unspecified atom stereocenters. The third kappa shape index (κ3) is 5.67. The van der Waals surface area contributed by atoms with Crippen LogP contribution in [0.15, 0.2) is 46.9 Å². The Labute approximate surface area is 144 Å². The molecule has 0 fully saturated rings. The van der Waals surface area contributed by atoms with Crippen molar-refractivity contribution in [3.05, 3.63) is 63.9 Å². The van der Waals surface area contributed by atoms with Gasteiger partial charge in [0, 0.05) is 29.7 Å². The van der Waals surface area contributed by atoms with Crippen LogP contribution in [0.1, 0.15) is 17.5 Å². The highest BCUT2D eigenvalue weighted by atomic mass is 79.9. The Kier molecular flexibility index (Phi) is 6.59. The Bertz CT molecular complexity index is 676. The Morgan fingerprint density at radius 1 is 1.17 bits per heavy atom. The van der Waals surface area contributed by atoms with Crippen molar-refractivity contribution in [2.24, 2.45) is 0 Å². The van der Waals surface area contributed by atoms with E-state index in [4.69, 9.17) is 0 Å². The normalized spacial score (nSPS) is 10.4. The first kappa shape index (κ1) is 17.5. The monoisotopic (exact) mass is 378 g/mol. The number of hydrogen-bond donors (Lipinski definition) is 2. The lowest BCUT2D eigenvalue weighted by atomic mass is 10.1. The second-order valence-corrected chi connectivity index (χ2v) is 6.24. The van der Waals surface area contributed by atoms with E-state index in [-0.39, 0.29) is 11.7 Å². The van der Waals surface area contributed by atoms with Crippen molar-refractivity contribution in [1.82, 2.24) is 5.32 Å². The van der Waals surface area contributed by atoms with Crippen molar-refractivity contribution in [2.45, 2.75) is 19.8 Å². The maximum Gasteiger partial charge on any atom is 0.221 e. The Balaban J connectivity index is 1.68. The number of rotatable bonds is 7. The molecule has 0 aliphatic rings. The number of carbonyl (C=O) groups is 1. The third-order valence-corrected chi connectivity index (χ3v) is 4.02. The number of carbonyl (C=O) groups excluding carboxylic acids is 1. The molecular formula is C18H20BrFN2O. The largest absolute Gasteiger partial charge is 0.384 e. The van der Waals surface area contributed by atoms with E-state index in [2.05, 4.69) is 26.6 Å². The molecule has 1 amide bonds. The lowest BCUT2D eigenvalue weighted by molar-refractivity contribution is -0.120. The van der Waals surface area contributed by atoms with Gasteiger partial charge < -0.3 is 10.6 Å². The average molecular weight is 379 g/mol. The zero-order valence-electron chi connectivity index (χ0n) is 13.0. The van der Waals surface area contributed by atoms with Gasteiger partial charge in [0.1, 0.15) is 5.82 Å². The van der Waals surface area contributed by atoms with Crippen molar-refractivity contribution in [3.8, 4) is 0 Å². The van der Waals surface area contributed by atoms with Gasteiger partial charge in [0.15, 0.2) is 0 Å². The summed E-state index contributed by atoms with van der Waals surface area (Å²) < 4.78 is 14.5. The van der Waals surface area contributed by atoms with Gasteiger partial charge in [-0.15, -0.1) is 0 Å². The number of hydrogen-bond acceptors (Lipinski definition) is 2. The summed E-state index contributed by atoms with van der Waals surface area (Å²) in [6.45, 7) is 3.02. The van der Waals surface area contributed by atoms with E-state index in [0.717, 1.165) is 15.7 Å². The molecular weight excluding hydrogens is 359 g/mol. The van der Waals surface area contributed by atoms with Crippen LogP contribution in [-0.2, 0) is 11.2 Å². The first-order valence-electron chi connectivity index (χ1n) is 7.56. The maximum absolute atomic E-state index is 13.4. The van der Waals surface area contributed by atoms with Gasteiger partial charge in [-0.05, 0) is 48.7 Å². The van der Waals surface area contributed by atoms with E-state index in [9.17, 15) is 9.18 Å². The van der Waals surface area contributed by atoms with Gasteiger partial charge in [0.2, 0.25) is 5.91 Å². The van der Waals surface area contributed by atoms with Gasteiger partial charge in [-0.2, -0.15) is 0 Å². The number of anilines is 1. The van der Waals surface area contributed by atoms with Crippen molar-refractivity contribution in [1.29, 1.82) is 0 Å². The lowest BCUT2D eigenvalue weighted by Crippen LogP contribution is -2.27. The summed E-state index contributed by atoms with van der Waals surface area (Å²) >= 11 is 3.42. The van der Waals surface area contributed by atoms with Gasteiger partial charge in [-0.1, -0.05) is 34.1 Å². The van der Waals surface area contributed by atoms with E-state index in [1.165, 1.54) is 6.07 Å². The van der Waals surface area contributed by atoms with E-state index < -0.39 is 0 Å². The SMILES string of the molecule is Cc1cc(Br)ccc1NCCC(=O)NCCc1ccccc1F. The third-order valence-electron chi connectivity index (χ3n) is 3.53. The summed E-state index contributed by atoms with van der Waals surface area (Å²) in [4.78, 5) is 11.8. The molecule has 0 saturated carbocycles. The highest BCUT2D eigenvalue weighted by Crippen LogP contribution is 2.19. The second kappa shape index (κ2) is 8.67. The molecule has 2 rings (SSSR count). The van der Waals surface area contributed by atoms with Crippen LogP contribution in [0.5, 0.6) is 0 Å². The van der Waals surface area contributed by atoms with E-state index in [1.54, 1.807) is 18.2 Å². The predicted molar refractivity (Wildman–Crippen MR) is 95.1 cm³/mol. The minimum absolute atomic E-state index is 0.0383. The van der Waals surface area contributed by atoms with Gasteiger partial charge in [0.05, 0.1) is 0 Å². The summed E-state index contributed by atoms with van der Waals surface area (Å²) in [5.41, 5.74) is 2.77. The molecule has 0 bridgehead atoms. The fraction of sp³-hybridized carbons (Fsp3) is 0.278. The molecule has 0 heterocycles. The van der Waals surface area contributed by atoms with Crippen LogP contribution in [0, 0.1) is 12.7 Å². The summed E-state index contributed by atoms with van der Waals surface area (Å²) in [6, 6.07) is 12.6. The molecule has 3 nitrogen and oxygen atoms in total. The number of aryl methyl sites for hydroxylation is 1. The second-order valence-electron chi connectivity index (χ2n) is 5.33. The van der Waals surface area contributed by atoms with Crippen molar-refractivity contribution < 1.29 is 9.18 Å². The Morgan fingerprint density at radius 2 is 1.96 bits per heavy atom. The molecule has 5 heteroatoms. The highest BCUT2D eigenvalue weighted by molar-refractivity contribution is 9.10. The average Bonchev–Trinajstić information content (AvgIpc) is 2.51. The fourth-order valence-corrected chi connectivity index (χ4v) is 2.74. The van der Waals surface area contributed by atoms with Gasteiger partial charge >= 0.3 is 0 Å². The number of benzene rings is 2. The number of halogens is 2. The van der Waals surface area contributed by atoms with Gasteiger partial charge in [-0.3, -0.25) is 4.79 Å².